The van der Waals surface area contributed by atoms with Gasteiger partial charge in [-0.05, 0) is 72.0 Å². The van der Waals surface area contributed by atoms with E-state index in [4.69, 9.17) is 18.9 Å². The van der Waals surface area contributed by atoms with E-state index in [1.807, 2.05) is 12.1 Å². The highest BCUT2D eigenvalue weighted by Crippen LogP contribution is 2.46. The largest absolute Gasteiger partial charge is 0.493 e. The topological polar surface area (TPSA) is 57.2 Å². The quantitative estimate of drug-likeness (QED) is 0.403. The van der Waals surface area contributed by atoms with Crippen molar-refractivity contribution in [3.8, 4) is 23.0 Å². The van der Waals surface area contributed by atoms with Crippen LogP contribution in [0.4, 0.5) is 4.39 Å². The molecule has 0 aromatic heterocycles. The molecule has 0 spiro atoms. The van der Waals surface area contributed by atoms with E-state index in [1.165, 1.54) is 35.4 Å². The van der Waals surface area contributed by atoms with E-state index in [0.717, 1.165) is 42.0 Å². The Labute approximate surface area is 197 Å². The fourth-order valence-corrected chi connectivity index (χ4v) is 4.94. The summed E-state index contributed by atoms with van der Waals surface area (Å²) in [6.07, 6.45) is 1.65. The zero-order valence-corrected chi connectivity index (χ0v) is 19.4. The van der Waals surface area contributed by atoms with Gasteiger partial charge < -0.3 is 18.9 Å². The van der Waals surface area contributed by atoms with Crippen LogP contribution in [-0.2, 0) is 19.4 Å². The Balaban J connectivity index is 1.50. The van der Waals surface area contributed by atoms with Gasteiger partial charge in [0.1, 0.15) is 5.82 Å². The average Bonchev–Trinajstić information content (AvgIpc) is 2.87. The molecule has 3 aromatic carbocycles. The Hall–Kier alpha value is -3.58. The van der Waals surface area contributed by atoms with Crippen molar-refractivity contribution in [3.63, 3.8) is 0 Å². The summed E-state index contributed by atoms with van der Waals surface area (Å²) in [5.41, 5.74) is 4.82. The maximum absolute atomic E-state index is 13.3. The van der Waals surface area contributed by atoms with Gasteiger partial charge in [0, 0.05) is 24.7 Å². The van der Waals surface area contributed by atoms with Crippen molar-refractivity contribution in [1.29, 1.82) is 0 Å². The van der Waals surface area contributed by atoms with Crippen molar-refractivity contribution >= 4 is 5.97 Å². The van der Waals surface area contributed by atoms with Gasteiger partial charge in [-0.3, -0.25) is 4.90 Å². The van der Waals surface area contributed by atoms with E-state index in [9.17, 15) is 9.18 Å². The fraction of sp³-hybridized carbons (Fsp3) is 0.296. The predicted molar refractivity (Wildman–Crippen MR) is 124 cm³/mol. The lowest BCUT2D eigenvalue weighted by Crippen LogP contribution is -2.39. The fourth-order valence-electron chi connectivity index (χ4n) is 4.94. The molecule has 1 atom stereocenters. The molecule has 0 radical (unpaired) electrons. The number of halogens is 1. The number of hydrogen-bond acceptors (Lipinski definition) is 6. The van der Waals surface area contributed by atoms with E-state index in [1.54, 1.807) is 21.3 Å². The average molecular weight is 464 g/mol. The highest BCUT2D eigenvalue weighted by molar-refractivity contribution is 5.91. The Morgan fingerprint density at radius 2 is 1.62 bits per heavy atom. The van der Waals surface area contributed by atoms with Crippen LogP contribution in [0.3, 0.4) is 0 Å². The van der Waals surface area contributed by atoms with Gasteiger partial charge in [0.15, 0.2) is 23.0 Å². The third kappa shape index (κ3) is 3.86. The van der Waals surface area contributed by atoms with Crippen molar-refractivity contribution in [2.24, 2.45) is 0 Å². The lowest BCUT2D eigenvalue weighted by atomic mass is 9.83. The first kappa shape index (κ1) is 22.2. The van der Waals surface area contributed by atoms with Crippen LogP contribution in [0.1, 0.15) is 38.7 Å². The molecule has 0 bridgehead atoms. The van der Waals surface area contributed by atoms with Crippen LogP contribution in [0.2, 0.25) is 0 Å². The normalized spacial score (nSPS) is 16.6. The van der Waals surface area contributed by atoms with Crippen molar-refractivity contribution in [2.45, 2.75) is 25.4 Å². The molecular weight excluding hydrogens is 437 g/mol. The minimum absolute atomic E-state index is 0.185. The molecule has 1 unspecified atom stereocenters. The molecule has 7 heteroatoms. The molecule has 2 aliphatic rings. The molecule has 6 nitrogen and oxygen atoms in total. The number of fused-ring (bicyclic) bond motifs is 4. The van der Waals surface area contributed by atoms with E-state index in [0.29, 0.717) is 18.0 Å². The van der Waals surface area contributed by atoms with Crippen LogP contribution in [-0.4, -0.2) is 38.7 Å². The van der Waals surface area contributed by atoms with Crippen molar-refractivity contribution < 1.29 is 28.1 Å². The summed E-state index contributed by atoms with van der Waals surface area (Å²) >= 11 is 0. The summed E-state index contributed by atoms with van der Waals surface area (Å²) in [5, 5.41) is 0. The zero-order chi connectivity index (χ0) is 23.8. The number of esters is 1. The second-order valence-electron chi connectivity index (χ2n) is 8.48. The molecule has 2 aliphatic heterocycles. The molecule has 176 valence electrons. The van der Waals surface area contributed by atoms with Gasteiger partial charge in [-0.2, -0.15) is 0 Å². The van der Waals surface area contributed by atoms with Crippen LogP contribution in [0.15, 0.2) is 48.5 Å². The third-order valence-corrected chi connectivity index (χ3v) is 6.70. The van der Waals surface area contributed by atoms with Crippen LogP contribution in [0.5, 0.6) is 23.0 Å². The van der Waals surface area contributed by atoms with Gasteiger partial charge in [-0.25, -0.2) is 9.18 Å². The number of benzene rings is 3. The first-order valence-electron chi connectivity index (χ1n) is 11.2. The summed E-state index contributed by atoms with van der Waals surface area (Å²) in [7, 11) is 4.85. The summed E-state index contributed by atoms with van der Waals surface area (Å²) < 4.78 is 35.7. The molecule has 34 heavy (non-hydrogen) atoms. The highest BCUT2D eigenvalue weighted by Gasteiger charge is 2.35. The molecule has 0 saturated carbocycles. The number of carbonyl (C=O) groups is 1. The molecule has 0 amide bonds. The van der Waals surface area contributed by atoms with Crippen molar-refractivity contribution in [2.75, 3.05) is 27.9 Å². The monoisotopic (exact) mass is 463 g/mol. The minimum Gasteiger partial charge on any atom is -0.493 e. The van der Waals surface area contributed by atoms with E-state index in [2.05, 4.69) is 17.0 Å². The van der Waals surface area contributed by atoms with Gasteiger partial charge in [-0.15, -0.1) is 0 Å². The first-order chi connectivity index (χ1) is 16.5. The highest BCUT2D eigenvalue weighted by atomic mass is 19.1. The summed E-state index contributed by atoms with van der Waals surface area (Å²) in [6.45, 7) is 1.49. The SMILES string of the molecule is COc1cc2c(cc1OC)C1Cc3ccc(OC)c(OC(=O)c4ccc(F)cc4)c3CN1CC2. The Morgan fingerprint density at radius 1 is 0.912 bits per heavy atom. The third-order valence-electron chi connectivity index (χ3n) is 6.70. The van der Waals surface area contributed by atoms with E-state index < -0.39 is 11.8 Å². The lowest BCUT2D eigenvalue weighted by molar-refractivity contribution is 0.0722. The van der Waals surface area contributed by atoms with Crippen molar-refractivity contribution in [1.82, 2.24) is 4.90 Å². The summed E-state index contributed by atoms with van der Waals surface area (Å²) in [5.74, 6) is 1.43. The maximum Gasteiger partial charge on any atom is 0.343 e. The molecular formula is C27H26FNO5. The minimum atomic E-state index is -0.547. The molecule has 5 rings (SSSR count). The van der Waals surface area contributed by atoms with Gasteiger partial charge in [0.25, 0.3) is 0 Å². The van der Waals surface area contributed by atoms with E-state index >= 15 is 0 Å². The second-order valence-corrected chi connectivity index (χ2v) is 8.48. The lowest BCUT2D eigenvalue weighted by Gasteiger charge is -2.42. The number of methoxy groups -OCH3 is 3. The maximum atomic E-state index is 13.3. The number of ether oxygens (including phenoxy) is 4. The predicted octanol–water partition coefficient (Wildman–Crippen LogP) is 4.73. The molecule has 0 aliphatic carbocycles. The Morgan fingerprint density at radius 3 is 2.32 bits per heavy atom. The van der Waals surface area contributed by atoms with Gasteiger partial charge in [0.05, 0.1) is 26.9 Å². The number of nitrogens with zero attached hydrogens (tertiary/aromatic N) is 1. The van der Waals surface area contributed by atoms with Gasteiger partial charge >= 0.3 is 5.97 Å². The molecule has 0 fully saturated rings. The van der Waals surface area contributed by atoms with Crippen LogP contribution >= 0.6 is 0 Å². The van der Waals surface area contributed by atoms with Gasteiger partial charge in [0.2, 0.25) is 0 Å². The zero-order valence-electron chi connectivity index (χ0n) is 19.4. The smallest absolute Gasteiger partial charge is 0.343 e. The van der Waals surface area contributed by atoms with Crippen LogP contribution < -0.4 is 18.9 Å². The van der Waals surface area contributed by atoms with Crippen LogP contribution in [0, 0.1) is 5.82 Å². The molecule has 0 saturated heterocycles. The summed E-state index contributed by atoms with van der Waals surface area (Å²) in [6, 6.07) is 13.5. The van der Waals surface area contributed by atoms with Crippen LogP contribution in [0.25, 0.3) is 0 Å². The number of hydrogen-bond donors (Lipinski definition) is 0. The molecule has 3 aromatic rings. The van der Waals surface area contributed by atoms with Crippen molar-refractivity contribution in [3.05, 3.63) is 82.2 Å². The molecule has 2 heterocycles. The molecule has 0 N–H and O–H groups in total. The summed E-state index contributed by atoms with van der Waals surface area (Å²) in [4.78, 5) is 15.2. The Kier molecular flexibility index (Phi) is 5.87. The second kappa shape index (κ2) is 8.99. The number of rotatable bonds is 5. The number of carbonyl (C=O) groups excluding carboxylic acids is 1. The Bertz CT molecular complexity index is 1240. The first-order valence-corrected chi connectivity index (χ1v) is 11.2. The standard InChI is InChI=1S/C27H26FNO5/c1-31-23-9-6-17-12-22-20-14-25(33-3)24(32-2)13-18(20)10-11-29(22)15-21(17)26(23)34-27(30)16-4-7-19(28)8-5-16/h4-9,13-14,22H,10-12,15H2,1-3H3. The van der Waals surface area contributed by atoms with E-state index in [-0.39, 0.29) is 11.6 Å². The van der Waals surface area contributed by atoms with Gasteiger partial charge in [-0.1, -0.05) is 6.07 Å².